The maximum Gasteiger partial charge on any atom is 0.426 e. The standard InChI is InChI=1S/C39H49N5O9S/c1-22-23(2)33(24(3)29-20-39(7,8)52-32(22)29)54(49,50)44-35(42-43-37(48)53-38(4,5)6)40-19-13-18-31(34(45)46)41-36(47)51-21-30-27-16-11-9-14-25(27)26-15-10-12-17-28(26)30/h9-12,14-17,30-31H,13,18-21H2,1-8H3,(H,41,47)(H,43,48)(H,45,46)(H2,40,42,44)/t31-/m0/s1. The van der Waals surface area contributed by atoms with Crippen LogP contribution in [0.5, 0.6) is 5.75 Å². The predicted octanol–water partition coefficient (Wildman–Crippen LogP) is 5.76. The first-order valence-corrected chi connectivity index (χ1v) is 19.2. The molecule has 3 aromatic rings. The van der Waals surface area contributed by atoms with Crippen molar-refractivity contribution in [1.29, 1.82) is 0 Å². The van der Waals surface area contributed by atoms with Gasteiger partial charge in [-0.1, -0.05) is 48.5 Å². The number of hydrogen-bond acceptors (Lipinski definition) is 9. The average Bonchev–Trinajstić information content (AvgIpc) is 3.59. The molecule has 1 aliphatic heterocycles. The van der Waals surface area contributed by atoms with E-state index in [1.54, 1.807) is 41.5 Å². The second-order valence-electron chi connectivity index (χ2n) is 15.1. The molecule has 290 valence electrons. The van der Waals surface area contributed by atoms with Crippen LogP contribution in [0, 0.1) is 20.8 Å². The molecule has 0 unspecified atom stereocenters. The summed E-state index contributed by atoms with van der Waals surface area (Å²) < 4.78 is 47.3. The molecule has 1 atom stereocenters. The van der Waals surface area contributed by atoms with E-state index in [-0.39, 0.29) is 42.8 Å². The molecule has 0 saturated carbocycles. The van der Waals surface area contributed by atoms with Crippen LogP contribution in [-0.4, -0.2) is 68.0 Å². The maximum atomic E-state index is 14.0. The largest absolute Gasteiger partial charge is 0.487 e. The van der Waals surface area contributed by atoms with Gasteiger partial charge in [0, 0.05) is 24.4 Å². The van der Waals surface area contributed by atoms with E-state index in [9.17, 15) is 27.9 Å². The summed E-state index contributed by atoms with van der Waals surface area (Å²) in [6.07, 6.45) is -1.18. The van der Waals surface area contributed by atoms with Crippen molar-refractivity contribution in [2.45, 2.75) is 103 Å². The zero-order chi connectivity index (χ0) is 39.6. The number of sulfonamides is 1. The van der Waals surface area contributed by atoms with Crippen molar-refractivity contribution in [3.8, 4) is 16.9 Å². The molecule has 1 heterocycles. The number of aliphatic imine (C=N–C) groups is 1. The first kappa shape index (κ1) is 39.9. The molecule has 2 amide bonds. The molecule has 2 aliphatic rings. The van der Waals surface area contributed by atoms with Crippen molar-refractivity contribution in [1.82, 2.24) is 20.9 Å². The molecule has 3 aromatic carbocycles. The number of carbonyl (C=O) groups is 3. The van der Waals surface area contributed by atoms with Crippen molar-refractivity contribution in [2.24, 2.45) is 4.99 Å². The zero-order valence-corrected chi connectivity index (χ0v) is 32.7. The van der Waals surface area contributed by atoms with E-state index in [1.165, 1.54) is 0 Å². The van der Waals surface area contributed by atoms with Crippen molar-refractivity contribution in [3.63, 3.8) is 0 Å². The molecule has 0 fully saturated rings. The van der Waals surface area contributed by atoms with Gasteiger partial charge >= 0.3 is 18.2 Å². The molecule has 1 aliphatic carbocycles. The summed E-state index contributed by atoms with van der Waals surface area (Å²) in [4.78, 5) is 41.8. The number of hydrazine groups is 1. The molecule has 14 nitrogen and oxygen atoms in total. The molecule has 0 spiro atoms. The van der Waals surface area contributed by atoms with Crippen LogP contribution >= 0.6 is 0 Å². The fourth-order valence-corrected chi connectivity index (χ4v) is 8.42. The molecule has 0 radical (unpaired) electrons. The highest BCUT2D eigenvalue weighted by Gasteiger charge is 2.37. The summed E-state index contributed by atoms with van der Waals surface area (Å²) in [6.45, 7) is 14.1. The van der Waals surface area contributed by atoms with Crippen LogP contribution in [0.2, 0.25) is 0 Å². The van der Waals surface area contributed by atoms with Crippen LogP contribution in [0.4, 0.5) is 9.59 Å². The second-order valence-corrected chi connectivity index (χ2v) is 16.8. The van der Waals surface area contributed by atoms with Gasteiger partial charge < -0.3 is 24.6 Å². The Kier molecular flexibility index (Phi) is 11.5. The number of carboxylic acids is 1. The lowest BCUT2D eigenvalue weighted by Gasteiger charge is -2.22. The quantitative estimate of drug-likeness (QED) is 0.0734. The number of fused-ring (bicyclic) bond motifs is 4. The number of alkyl carbamates (subject to hydrolysis) is 1. The minimum atomic E-state index is -4.28. The smallest absolute Gasteiger partial charge is 0.426 e. The third-order valence-electron chi connectivity index (χ3n) is 9.33. The Morgan fingerprint density at radius 3 is 2.15 bits per heavy atom. The van der Waals surface area contributed by atoms with Crippen LogP contribution in [0.15, 0.2) is 58.4 Å². The number of rotatable bonds is 10. The number of hydrogen-bond donors (Lipinski definition) is 5. The van der Waals surface area contributed by atoms with Gasteiger partial charge in [0.15, 0.2) is 0 Å². The number of nitrogens with zero attached hydrogens (tertiary/aromatic N) is 1. The lowest BCUT2D eigenvalue weighted by Crippen LogP contribution is -2.51. The van der Waals surface area contributed by atoms with Crippen LogP contribution < -0.4 is 25.6 Å². The van der Waals surface area contributed by atoms with Crippen LogP contribution in [0.1, 0.15) is 86.8 Å². The zero-order valence-electron chi connectivity index (χ0n) is 31.9. The van der Waals surface area contributed by atoms with E-state index in [4.69, 9.17) is 14.2 Å². The van der Waals surface area contributed by atoms with E-state index < -0.39 is 45.4 Å². The highest BCUT2D eigenvalue weighted by atomic mass is 32.2. The fraction of sp³-hybridized carbons (Fsp3) is 0.436. The minimum absolute atomic E-state index is 0.0177. The Bertz CT molecular complexity index is 2040. The average molecular weight is 764 g/mol. The Balaban J connectivity index is 1.26. The van der Waals surface area contributed by atoms with Gasteiger partial charge in [0.25, 0.3) is 10.0 Å². The number of benzene rings is 3. The minimum Gasteiger partial charge on any atom is -0.487 e. The van der Waals surface area contributed by atoms with E-state index in [0.29, 0.717) is 28.9 Å². The van der Waals surface area contributed by atoms with Gasteiger partial charge in [-0.05, 0) is 107 Å². The normalized spacial score (nSPS) is 15.2. The van der Waals surface area contributed by atoms with E-state index in [0.717, 1.165) is 27.8 Å². The van der Waals surface area contributed by atoms with Crippen molar-refractivity contribution < 1.29 is 42.1 Å². The maximum absolute atomic E-state index is 14.0. The number of aliphatic carboxylic acids is 1. The molecular weight excluding hydrogens is 715 g/mol. The third-order valence-corrected chi connectivity index (χ3v) is 10.9. The Labute approximate surface area is 316 Å². The number of carboxylic acid groups (broad SMARTS) is 1. The van der Waals surface area contributed by atoms with Crippen molar-refractivity contribution in [2.75, 3.05) is 13.2 Å². The molecule has 0 aromatic heterocycles. The molecular formula is C39H49N5O9S. The summed E-state index contributed by atoms with van der Waals surface area (Å²) in [6, 6.07) is 14.4. The van der Waals surface area contributed by atoms with Crippen LogP contribution in [0.25, 0.3) is 11.1 Å². The molecule has 15 heteroatoms. The topological polar surface area (TPSA) is 194 Å². The molecule has 0 saturated heterocycles. The Hall–Kier alpha value is -5.31. The lowest BCUT2D eigenvalue weighted by molar-refractivity contribution is -0.139. The van der Waals surface area contributed by atoms with Crippen LogP contribution in [-0.2, 0) is 30.7 Å². The molecule has 5 N–H and O–H groups in total. The first-order chi connectivity index (χ1) is 25.3. The van der Waals surface area contributed by atoms with E-state index in [1.807, 2.05) is 62.4 Å². The van der Waals surface area contributed by atoms with Crippen molar-refractivity contribution in [3.05, 3.63) is 81.9 Å². The number of amides is 2. The monoisotopic (exact) mass is 763 g/mol. The van der Waals surface area contributed by atoms with Gasteiger partial charge in [-0.3, -0.25) is 10.4 Å². The Morgan fingerprint density at radius 2 is 1.56 bits per heavy atom. The first-order valence-electron chi connectivity index (χ1n) is 17.8. The second kappa shape index (κ2) is 15.6. The SMILES string of the molecule is Cc1c(C)c(S(=O)(=O)NC(=NCCC[C@H](NC(=O)OCC2c3ccccc3-c3ccccc32)C(=O)O)NNC(=O)OC(C)(C)C)c(C)c2c1OC(C)(C)C2. The van der Waals surface area contributed by atoms with Gasteiger partial charge in [-0.2, -0.15) is 0 Å². The lowest BCUT2D eigenvalue weighted by atomic mass is 9.94. The van der Waals surface area contributed by atoms with Gasteiger partial charge in [-0.15, -0.1) is 0 Å². The van der Waals surface area contributed by atoms with Gasteiger partial charge in [0.1, 0.15) is 29.6 Å². The van der Waals surface area contributed by atoms with E-state index in [2.05, 4.69) is 25.9 Å². The summed E-state index contributed by atoms with van der Waals surface area (Å²) in [7, 11) is -4.28. The highest BCUT2D eigenvalue weighted by molar-refractivity contribution is 7.90. The van der Waals surface area contributed by atoms with Gasteiger partial charge in [-0.25, -0.2) is 32.9 Å². The van der Waals surface area contributed by atoms with Gasteiger partial charge in [0.2, 0.25) is 5.96 Å². The summed E-state index contributed by atoms with van der Waals surface area (Å²) in [5.74, 6) is -1.13. The summed E-state index contributed by atoms with van der Waals surface area (Å²) in [5, 5.41) is 12.3. The number of nitrogens with one attached hydrogen (secondary N) is 4. The van der Waals surface area contributed by atoms with Gasteiger partial charge in [0.05, 0.1) is 4.90 Å². The van der Waals surface area contributed by atoms with E-state index >= 15 is 0 Å². The molecule has 54 heavy (non-hydrogen) atoms. The number of guanidine groups is 1. The Morgan fingerprint density at radius 1 is 0.944 bits per heavy atom. The van der Waals surface area contributed by atoms with Crippen LogP contribution in [0.3, 0.4) is 0 Å². The number of ether oxygens (including phenoxy) is 3. The summed E-state index contributed by atoms with van der Waals surface area (Å²) >= 11 is 0. The van der Waals surface area contributed by atoms with Crippen molar-refractivity contribution >= 4 is 34.1 Å². The number of carbonyl (C=O) groups excluding carboxylic acids is 2. The highest BCUT2D eigenvalue weighted by Crippen LogP contribution is 2.45. The predicted molar refractivity (Wildman–Crippen MR) is 203 cm³/mol. The third kappa shape index (κ3) is 9.07. The molecule has 0 bridgehead atoms. The summed E-state index contributed by atoms with van der Waals surface area (Å²) in [5.41, 5.74) is 10.2. The molecule has 5 rings (SSSR count). The fourth-order valence-electron chi connectivity index (χ4n) is 6.86.